The van der Waals surface area contributed by atoms with Gasteiger partial charge in [0.15, 0.2) is 0 Å². The largest absolute Gasteiger partial charge is 0.497 e. The van der Waals surface area contributed by atoms with Crippen LogP contribution in [-0.2, 0) is 0 Å². The molecule has 0 saturated carbocycles. The van der Waals surface area contributed by atoms with E-state index in [1.165, 1.54) is 6.33 Å². The molecular weight excluding hydrogens is 208 g/mol. The quantitative estimate of drug-likeness (QED) is 0.796. The first-order chi connectivity index (χ1) is 7.72. The third kappa shape index (κ3) is 1.72. The predicted molar refractivity (Wildman–Crippen MR) is 57.2 cm³/mol. The number of nitrogens with zero attached hydrogens (tertiary/aromatic N) is 3. The second-order valence-corrected chi connectivity index (χ2v) is 3.06. The first-order valence-corrected chi connectivity index (χ1v) is 4.56. The maximum atomic E-state index is 11.9. The van der Waals surface area contributed by atoms with Gasteiger partial charge in [0.25, 0.3) is 5.91 Å². The van der Waals surface area contributed by atoms with Crippen molar-refractivity contribution in [3.8, 4) is 5.75 Å². The topological polar surface area (TPSA) is 83.0 Å². The lowest BCUT2D eigenvalue weighted by Crippen LogP contribution is -2.16. The van der Waals surface area contributed by atoms with Gasteiger partial charge in [0.05, 0.1) is 7.11 Å². The van der Waals surface area contributed by atoms with E-state index < -0.39 is 0 Å². The van der Waals surface area contributed by atoms with Crippen LogP contribution >= 0.6 is 0 Å². The fourth-order valence-electron chi connectivity index (χ4n) is 1.26. The van der Waals surface area contributed by atoms with Gasteiger partial charge >= 0.3 is 0 Å². The van der Waals surface area contributed by atoms with Crippen molar-refractivity contribution in [1.82, 2.24) is 14.8 Å². The molecule has 2 N–H and O–H groups in total. The molecule has 0 saturated heterocycles. The van der Waals surface area contributed by atoms with Crippen molar-refractivity contribution >= 4 is 11.9 Å². The molecule has 0 bridgehead atoms. The van der Waals surface area contributed by atoms with E-state index in [0.717, 1.165) is 4.68 Å². The van der Waals surface area contributed by atoms with Crippen LogP contribution < -0.4 is 10.5 Å². The molecule has 6 heteroatoms. The van der Waals surface area contributed by atoms with Gasteiger partial charge in [-0.25, -0.2) is 0 Å². The number of nitrogen functional groups attached to an aromatic ring is 1. The van der Waals surface area contributed by atoms with Crippen molar-refractivity contribution < 1.29 is 9.53 Å². The van der Waals surface area contributed by atoms with Crippen LogP contribution in [0, 0.1) is 0 Å². The molecule has 0 fully saturated rings. The third-order valence-electron chi connectivity index (χ3n) is 2.10. The van der Waals surface area contributed by atoms with Crippen LogP contribution in [0.2, 0.25) is 0 Å². The summed E-state index contributed by atoms with van der Waals surface area (Å²) in [4.78, 5) is 15.5. The van der Waals surface area contributed by atoms with E-state index in [-0.39, 0.29) is 11.9 Å². The lowest BCUT2D eigenvalue weighted by atomic mass is 10.2. The Morgan fingerprint density at radius 2 is 2.06 bits per heavy atom. The number of carbonyl (C=O) groups excluding carboxylic acids is 1. The van der Waals surface area contributed by atoms with Crippen LogP contribution in [0.3, 0.4) is 0 Å². The van der Waals surface area contributed by atoms with Crippen LogP contribution in [0.15, 0.2) is 30.6 Å². The van der Waals surface area contributed by atoms with Gasteiger partial charge in [-0.3, -0.25) is 4.79 Å². The minimum absolute atomic E-state index is 0.0702. The molecule has 0 unspecified atom stereocenters. The summed E-state index contributed by atoms with van der Waals surface area (Å²) in [5.41, 5.74) is 5.95. The van der Waals surface area contributed by atoms with Crippen LogP contribution in [0.1, 0.15) is 10.4 Å². The molecule has 1 heterocycles. The van der Waals surface area contributed by atoms with E-state index in [0.29, 0.717) is 11.3 Å². The number of carbonyl (C=O) groups is 1. The van der Waals surface area contributed by atoms with E-state index in [9.17, 15) is 4.79 Å². The number of methoxy groups -OCH3 is 1. The molecule has 0 aliphatic heterocycles. The molecule has 82 valence electrons. The first-order valence-electron chi connectivity index (χ1n) is 4.56. The van der Waals surface area contributed by atoms with Gasteiger partial charge in [0.2, 0.25) is 5.95 Å². The Kier molecular flexibility index (Phi) is 2.55. The number of hydrogen-bond donors (Lipinski definition) is 1. The first kappa shape index (κ1) is 10.2. The number of aromatic nitrogens is 3. The lowest BCUT2D eigenvalue weighted by Gasteiger charge is -2.03. The van der Waals surface area contributed by atoms with E-state index in [1.807, 2.05) is 0 Å². The fourth-order valence-corrected chi connectivity index (χ4v) is 1.26. The highest BCUT2D eigenvalue weighted by molar-refractivity contribution is 5.96. The van der Waals surface area contributed by atoms with Crippen LogP contribution in [-0.4, -0.2) is 27.8 Å². The number of hydrogen-bond acceptors (Lipinski definition) is 5. The SMILES string of the molecule is COc1ccc(C(=O)n2ncnc2N)cc1. The average molecular weight is 218 g/mol. The average Bonchev–Trinajstić information content (AvgIpc) is 2.75. The van der Waals surface area contributed by atoms with Crippen molar-refractivity contribution in [2.75, 3.05) is 12.8 Å². The third-order valence-corrected chi connectivity index (χ3v) is 2.10. The number of ether oxygens (including phenoxy) is 1. The molecule has 2 rings (SSSR count). The summed E-state index contributed by atoms with van der Waals surface area (Å²) < 4.78 is 6.04. The summed E-state index contributed by atoms with van der Waals surface area (Å²) >= 11 is 0. The number of nitrogens with two attached hydrogens (primary N) is 1. The normalized spacial score (nSPS) is 10.1. The molecular formula is C10H10N4O2. The summed E-state index contributed by atoms with van der Waals surface area (Å²) in [6.45, 7) is 0. The summed E-state index contributed by atoms with van der Waals surface area (Å²) in [5.74, 6) is 0.432. The Labute approximate surface area is 91.7 Å². The van der Waals surface area contributed by atoms with E-state index in [1.54, 1.807) is 31.4 Å². The molecule has 0 radical (unpaired) electrons. The number of anilines is 1. The Balaban J connectivity index is 2.31. The standard InChI is InChI=1S/C10H10N4O2/c1-16-8-4-2-7(3-5-8)9(15)14-10(11)12-6-13-14/h2-6H,1H3,(H2,11,12,13). The van der Waals surface area contributed by atoms with Gasteiger partial charge in [0, 0.05) is 5.56 Å². The zero-order valence-corrected chi connectivity index (χ0v) is 8.62. The van der Waals surface area contributed by atoms with E-state index in [2.05, 4.69) is 10.1 Å². The number of rotatable bonds is 2. The molecule has 0 aliphatic rings. The van der Waals surface area contributed by atoms with Crippen LogP contribution in [0.4, 0.5) is 5.95 Å². The van der Waals surface area contributed by atoms with Crippen molar-refractivity contribution in [2.24, 2.45) is 0 Å². The van der Waals surface area contributed by atoms with Gasteiger partial charge < -0.3 is 10.5 Å². The van der Waals surface area contributed by atoms with Crippen molar-refractivity contribution in [3.05, 3.63) is 36.2 Å². The Bertz CT molecular complexity index is 504. The van der Waals surface area contributed by atoms with Gasteiger partial charge in [-0.2, -0.15) is 14.8 Å². The van der Waals surface area contributed by atoms with Crippen molar-refractivity contribution in [1.29, 1.82) is 0 Å². The minimum atomic E-state index is -0.322. The Morgan fingerprint density at radius 1 is 1.38 bits per heavy atom. The summed E-state index contributed by atoms with van der Waals surface area (Å²) in [6.07, 6.45) is 1.23. The van der Waals surface area contributed by atoms with Gasteiger partial charge in [0.1, 0.15) is 12.1 Å². The summed E-state index contributed by atoms with van der Waals surface area (Å²) in [6, 6.07) is 6.67. The highest BCUT2D eigenvalue weighted by atomic mass is 16.5. The molecule has 0 atom stereocenters. The molecule has 0 amide bonds. The summed E-state index contributed by atoms with van der Waals surface area (Å²) in [5, 5.41) is 3.73. The van der Waals surface area contributed by atoms with Gasteiger partial charge in [-0.05, 0) is 24.3 Å². The Hall–Kier alpha value is -2.37. The molecule has 0 spiro atoms. The fraction of sp³-hybridized carbons (Fsp3) is 0.100. The second kappa shape index (κ2) is 4.01. The molecule has 16 heavy (non-hydrogen) atoms. The minimum Gasteiger partial charge on any atom is -0.497 e. The molecule has 1 aromatic carbocycles. The highest BCUT2D eigenvalue weighted by Crippen LogP contribution is 2.12. The Morgan fingerprint density at radius 3 is 2.56 bits per heavy atom. The smallest absolute Gasteiger partial charge is 0.281 e. The lowest BCUT2D eigenvalue weighted by molar-refractivity contribution is 0.0947. The van der Waals surface area contributed by atoms with Gasteiger partial charge in [-0.15, -0.1) is 0 Å². The van der Waals surface area contributed by atoms with Gasteiger partial charge in [-0.1, -0.05) is 0 Å². The van der Waals surface area contributed by atoms with Crippen LogP contribution in [0.25, 0.3) is 0 Å². The highest BCUT2D eigenvalue weighted by Gasteiger charge is 2.12. The molecule has 6 nitrogen and oxygen atoms in total. The van der Waals surface area contributed by atoms with Crippen LogP contribution in [0.5, 0.6) is 5.75 Å². The zero-order valence-electron chi connectivity index (χ0n) is 8.62. The van der Waals surface area contributed by atoms with E-state index in [4.69, 9.17) is 10.5 Å². The van der Waals surface area contributed by atoms with E-state index >= 15 is 0 Å². The van der Waals surface area contributed by atoms with Crippen molar-refractivity contribution in [2.45, 2.75) is 0 Å². The zero-order chi connectivity index (χ0) is 11.5. The van der Waals surface area contributed by atoms with Crippen molar-refractivity contribution in [3.63, 3.8) is 0 Å². The second-order valence-electron chi connectivity index (χ2n) is 3.06. The number of benzene rings is 1. The monoisotopic (exact) mass is 218 g/mol. The maximum Gasteiger partial charge on any atom is 0.281 e. The maximum absolute atomic E-state index is 11.9. The predicted octanol–water partition coefficient (Wildman–Crippen LogP) is 0.557. The molecule has 0 aliphatic carbocycles. The summed E-state index contributed by atoms with van der Waals surface area (Å²) in [7, 11) is 1.56. The molecule has 2 aromatic rings. The molecule has 1 aromatic heterocycles.